The summed E-state index contributed by atoms with van der Waals surface area (Å²) in [7, 11) is 0. The van der Waals surface area contributed by atoms with Crippen LogP contribution >= 0.6 is 0 Å². The highest BCUT2D eigenvalue weighted by Gasteiger charge is 2.32. The highest BCUT2D eigenvalue weighted by Crippen LogP contribution is 2.36. The molecule has 0 bridgehead atoms. The van der Waals surface area contributed by atoms with Crippen LogP contribution in [0.4, 0.5) is 0 Å². The normalized spacial score (nSPS) is 24.3. The van der Waals surface area contributed by atoms with Gasteiger partial charge in [-0.25, -0.2) is 0 Å². The summed E-state index contributed by atoms with van der Waals surface area (Å²) in [4.78, 5) is 2.66. The van der Waals surface area contributed by atoms with E-state index in [1.165, 1.54) is 50.6 Å². The van der Waals surface area contributed by atoms with Gasteiger partial charge in [-0.15, -0.1) is 0 Å². The summed E-state index contributed by atoms with van der Waals surface area (Å²) in [5.74, 6) is 1.09. The lowest BCUT2D eigenvalue weighted by atomic mass is 9.95. The van der Waals surface area contributed by atoms with Gasteiger partial charge >= 0.3 is 0 Å². The maximum absolute atomic E-state index is 7.56. The first-order chi connectivity index (χ1) is 9.74. The van der Waals surface area contributed by atoms with E-state index in [4.69, 9.17) is 11.1 Å². The van der Waals surface area contributed by atoms with Gasteiger partial charge in [0.1, 0.15) is 5.84 Å². The molecule has 0 aromatic heterocycles. The van der Waals surface area contributed by atoms with E-state index in [-0.39, 0.29) is 5.84 Å². The zero-order valence-electron chi connectivity index (χ0n) is 12.1. The van der Waals surface area contributed by atoms with E-state index in [0.29, 0.717) is 0 Å². The Kier molecular flexibility index (Phi) is 4.06. The molecule has 20 heavy (non-hydrogen) atoms. The number of nitrogens with two attached hydrogens (primary N) is 1. The van der Waals surface area contributed by atoms with E-state index in [1.807, 2.05) is 12.1 Å². The molecule has 0 amide bonds. The average molecular weight is 271 g/mol. The summed E-state index contributed by atoms with van der Waals surface area (Å²) >= 11 is 0. The number of hydrogen-bond acceptors (Lipinski definition) is 2. The molecule has 1 atom stereocenters. The lowest BCUT2D eigenvalue weighted by Gasteiger charge is -2.29. The van der Waals surface area contributed by atoms with Crippen molar-refractivity contribution in [1.82, 2.24) is 4.90 Å². The lowest BCUT2D eigenvalue weighted by Crippen LogP contribution is -2.34. The Morgan fingerprint density at radius 2 is 2.00 bits per heavy atom. The molecular formula is C17H25N3. The molecule has 1 aliphatic carbocycles. The Balaban J connectivity index is 1.69. The first kappa shape index (κ1) is 13.6. The molecule has 3 N–H and O–H groups in total. The van der Waals surface area contributed by atoms with Gasteiger partial charge in [0.25, 0.3) is 0 Å². The molecule has 1 heterocycles. The van der Waals surface area contributed by atoms with Crippen LogP contribution in [0.25, 0.3) is 0 Å². The van der Waals surface area contributed by atoms with Crippen LogP contribution < -0.4 is 5.73 Å². The Hall–Kier alpha value is -1.35. The zero-order valence-corrected chi connectivity index (χ0v) is 12.1. The number of likely N-dealkylation sites (tertiary alicyclic amines) is 1. The van der Waals surface area contributed by atoms with Crippen LogP contribution in [0.5, 0.6) is 0 Å². The van der Waals surface area contributed by atoms with E-state index in [9.17, 15) is 0 Å². The van der Waals surface area contributed by atoms with Crippen molar-refractivity contribution in [2.24, 2.45) is 11.7 Å². The quantitative estimate of drug-likeness (QED) is 0.653. The molecule has 108 valence electrons. The summed E-state index contributed by atoms with van der Waals surface area (Å²) in [5.41, 5.74) is 7.73. The second kappa shape index (κ2) is 5.96. The lowest BCUT2D eigenvalue weighted by molar-refractivity contribution is 0.183. The number of benzene rings is 1. The van der Waals surface area contributed by atoms with Crippen LogP contribution in [0.2, 0.25) is 0 Å². The molecule has 2 fully saturated rings. The van der Waals surface area contributed by atoms with Gasteiger partial charge in [-0.1, -0.05) is 31.0 Å². The number of nitrogens with zero attached hydrogens (tertiary/aromatic N) is 1. The Morgan fingerprint density at radius 1 is 1.20 bits per heavy atom. The smallest absolute Gasteiger partial charge is 0.122 e. The maximum Gasteiger partial charge on any atom is 0.122 e. The first-order valence-corrected chi connectivity index (χ1v) is 7.91. The molecule has 3 heteroatoms. The van der Waals surface area contributed by atoms with Gasteiger partial charge in [0.15, 0.2) is 0 Å². The minimum atomic E-state index is 0.167. The van der Waals surface area contributed by atoms with E-state index < -0.39 is 0 Å². The summed E-state index contributed by atoms with van der Waals surface area (Å²) in [6.07, 6.45) is 8.41. The predicted molar refractivity (Wildman–Crippen MR) is 82.8 cm³/mol. The van der Waals surface area contributed by atoms with Gasteiger partial charge in [0.2, 0.25) is 0 Å². The highest BCUT2D eigenvalue weighted by molar-refractivity contribution is 5.95. The van der Waals surface area contributed by atoms with E-state index in [0.717, 1.165) is 24.1 Å². The SMILES string of the molecule is N=C(N)c1cccc(CN2CCCC2C2CCCC2)c1. The molecule has 1 aromatic carbocycles. The van der Waals surface area contributed by atoms with Crippen LogP contribution in [-0.4, -0.2) is 23.3 Å². The molecule has 1 saturated carbocycles. The molecule has 1 aliphatic heterocycles. The fourth-order valence-electron chi connectivity index (χ4n) is 4.00. The van der Waals surface area contributed by atoms with Crippen LogP contribution in [0.1, 0.15) is 49.7 Å². The monoisotopic (exact) mass is 271 g/mol. The predicted octanol–water partition coefficient (Wildman–Crippen LogP) is 3.13. The van der Waals surface area contributed by atoms with E-state index >= 15 is 0 Å². The molecule has 3 rings (SSSR count). The van der Waals surface area contributed by atoms with Crippen LogP contribution in [-0.2, 0) is 6.54 Å². The molecule has 0 spiro atoms. The van der Waals surface area contributed by atoms with Gasteiger partial charge in [-0.05, 0) is 49.8 Å². The van der Waals surface area contributed by atoms with Gasteiger partial charge in [-0.3, -0.25) is 10.3 Å². The highest BCUT2D eigenvalue weighted by atomic mass is 15.2. The fraction of sp³-hybridized carbons (Fsp3) is 0.588. The van der Waals surface area contributed by atoms with Crippen LogP contribution in [0.3, 0.4) is 0 Å². The third-order valence-corrected chi connectivity index (χ3v) is 4.98. The number of nitrogen functional groups attached to an aromatic ring is 1. The van der Waals surface area contributed by atoms with Crippen LogP contribution in [0, 0.1) is 11.3 Å². The average Bonchev–Trinajstić information content (AvgIpc) is 3.09. The molecule has 1 unspecified atom stereocenters. The number of nitrogens with one attached hydrogen (secondary N) is 1. The largest absolute Gasteiger partial charge is 0.384 e. The second-order valence-electron chi connectivity index (χ2n) is 6.34. The van der Waals surface area contributed by atoms with Gasteiger partial charge in [0.05, 0.1) is 0 Å². The van der Waals surface area contributed by atoms with Crippen molar-refractivity contribution < 1.29 is 0 Å². The Morgan fingerprint density at radius 3 is 2.75 bits per heavy atom. The number of amidine groups is 1. The Labute approximate surface area is 121 Å². The third kappa shape index (κ3) is 2.88. The number of hydrogen-bond donors (Lipinski definition) is 2. The summed E-state index contributed by atoms with van der Waals surface area (Å²) in [5, 5.41) is 7.56. The van der Waals surface area contributed by atoms with Crippen LogP contribution in [0.15, 0.2) is 24.3 Å². The Bertz CT molecular complexity index is 477. The third-order valence-electron chi connectivity index (χ3n) is 4.98. The molecule has 0 radical (unpaired) electrons. The van der Waals surface area contributed by atoms with E-state index in [2.05, 4.69) is 17.0 Å². The standard InChI is InChI=1S/C17H25N3/c18-17(19)15-8-3-5-13(11-15)12-20-10-4-9-16(20)14-6-1-2-7-14/h3,5,8,11,14,16H,1-2,4,6-7,9-10,12H2,(H3,18,19). The first-order valence-electron chi connectivity index (χ1n) is 7.91. The maximum atomic E-state index is 7.56. The fourth-order valence-corrected chi connectivity index (χ4v) is 4.00. The van der Waals surface area contributed by atoms with Crippen molar-refractivity contribution in [2.75, 3.05) is 6.54 Å². The topological polar surface area (TPSA) is 53.1 Å². The molecule has 2 aliphatic rings. The molecule has 1 saturated heterocycles. The molecule has 3 nitrogen and oxygen atoms in total. The summed E-state index contributed by atoms with van der Waals surface area (Å²) < 4.78 is 0. The van der Waals surface area contributed by atoms with Crippen molar-refractivity contribution in [3.8, 4) is 0 Å². The van der Waals surface area contributed by atoms with Crippen molar-refractivity contribution >= 4 is 5.84 Å². The zero-order chi connectivity index (χ0) is 13.9. The summed E-state index contributed by atoms with van der Waals surface area (Å²) in [6.45, 7) is 2.24. The van der Waals surface area contributed by atoms with Gasteiger partial charge in [-0.2, -0.15) is 0 Å². The summed E-state index contributed by atoms with van der Waals surface area (Å²) in [6, 6.07) is 8.97. The minimum absolute atomic E-state index is 0.167. The van der Waals surface area contributed by atoms with Crippen molar-refractivity contribution in [3.05, 3.63) is 35.4 Å². The van der Waals surface area contributed by atoms with Gasteiger partial charge in [0, 0.05) is 18.2 Å². The van der Waals surface area contributed by atoms with E-state index in [1.54, 1.807) is 0 Å². The second-order valence-corrected chi connectivity index (χ2v) is 6.34. The van der Waals surface area contributed by atoms with Crippen molar-refractivity contribution in [2.45, 2.75) is 51.1 Å². The number of rotatable bonds is 4. The van der Waals surface area contributed by atoms with Crippen molar-refractivity contribution in [1.29, 1.82) is 5.41 Å². The molecular weight excluding hydrogens is 246 g/mol. The van der Waals surface area contributed by atoms with Gasteiger partial charge < -0.3 is 5.73 Å². The van der Waals surface area contributed by atoms with Crippen molar-refractivity contribution in [3.63, 3.8) is 0 Å². The minimum Gasteiger partial charge on any atom is -0.384 e. The molecule has 1 aromatic rings.